The molecule has 3 unspecified atom stereocenters. The van der Waals surface area contributed by atoms with Gasteiger partial charge in [0.25, 0.3) is 0 Å². The van der Waals surface area contributed by atoms with E-state index in [9.17, 15) is 0 Å². The summed E-state index contributed by atoms with van der Waals surface area (Å²) >= 11 is 6.06. The average molecular weight is 309 g/mol. The molecule has 116 valence electrons. The summed E-state index contributed by atoms with van der Waals surface area (Å²) in [7, 11) is 0. The summed E-state index contributed by atoms with van der Waals surface area (Å²) in [6, 6.07) is 6.43. The smallest absolute Gasteiger partial charge is 0.123 e. The summed E-state index contributed by atoms with van der Waals surface area (Å²) in [5, 5.41) is 0.793. The fourth-order valence-electron chi connectivity index (χ4n) is 3.69. The van der Waals surface area contributed by atoms with Crippen molar-refractivity contribution in [2.45, 2.75) is 44.8 Å². The SMILES string of the molecule is CCC1CCN(CC2Cc3cc(Cl)ccc3O2)C(CN)C1. The number of hydrogen-bond acceptors (Lipinski definition) is 3. The first kappa shape index (κ1) is 15.1. The standard InChI is InChI=1S/C17H25ClN2O/c1-2-12-5-6-20(15(7-12)10-19)11-16-9-13-8-14(18)3-4-17(13)21-16/h3-4,8,12,15-16H,2,5-7,9-11,19H2,1H3. The normalized spacial score (nSPS) is 29.2. The Morgan fingerprint density at radius 3 is 3.05 bits per heavy atom. The van der Waals surface area contributed by atoms with Gasteiger partial charge in [0.1, 0.15) is 11.9 Å². The topological polar surface area (TPSA) is 38.5 Å². The summed E-state index contributed by atoms with van der Waals surface area (Å²) in [5.41, 5.74) is 7.23. The molecule has 2 heterocycles. The summed E-state index contributed by atoms with van der Waals surface area (Å²) in [4.78, 5) is 2.53. The minimum absolute atomic E-state index is 0.241. The van der Waals surface area contributed by atoms with Gasteiger partial charge in [-0.2, -0.15) is 0 Å². The highest BCUT2D eigenvalue weighted by atomic mass is 35.5. The molecule has 0 saturated carbocycles. The lowest BCUT2D eigenvalue weighted by atomic mass is 9.88. The van der Waals surface area contributed by atoms with Gasteiger partial charge in [0.2, 0.25) is 0 Å². The minimum atomic E-state index is 0.241. The molecule has 3 rings (SSSR count). The largest absolute Gasteiger partial charge is 0.488 e. The van der Waals surface area contributed by atoms with Crippen LogP contribution in [0, 0.1) is 5.92 Å². The van der Waals surface area contributed by atoms with E-state index < -0.39 is 0 Å². The second-order valence-corrected chi connectivity index (χ2v) is 6.82. The molecule has 0 aliphatic carbocycles. The van der Waals surface area contributed by atoms with Crippen molar-refractivity contribution >= 4 is 11.6 Å². The molecule has 4 heteroatoms. The van der Waals surface area contributed by atoms with Crippen molar-refractivity contribution in [1.29, 1.82) is 0 Å². The molecule has 1 aromatic carbocycles. The first-order chi connectivity index (χ1) is 10.2. The number of nitrogens with two attached hydrogens (primary N) is 1. The molecule has 0 aromatic heterocycles. The van der Waals surface area contributed by atoms with Gasteiger partial charge in [-0.25, -0.2) is 0 Å². The summed E-state index contributed by atoms with van der Waals surface area (Å²) in [5.74, 6) is 1.84. The van der Waals surface area contributed by atoms with Crippen molar-refractivity contribution in [3.63, 3.8) is 0 Å². The van der Waals surface area contributed by atoms with Crippen molar-refractivity contribution in [2.24, 2.45) is 11.7 Å². The van der Waals surface area contributed by atoms with Crippen LogP contribution in [0.4, 0.5) is 0 Å². The van der Waals surface area contributed by atoms with Crippen LogP contribution in [0.25, 0.3) is 0 Å². The van der Waals surface area contributed by atoms with Crippen molar-refractivity contribution in [1.82, 2.24) is 4.90 Å². The van der Waals surface area contributed by atoms with Gasteiger partial charge in [-0.05, 0) is 49.1 Å². The molecular formula is C17H25ClN2O. The molecule has 2 aliphatic heterocycles. The van der Waals surface area contributed by atoms with Crippen molar-refractivity contribution in [3.8, 4) is 5.75 Å². The van der Waals surface area contributed by atoms with E-state index in [1.807, 2.05) is 18.2 Å². The van der Waals surface area contributed by atoms with Gasteiger partial charge in [-0.15, -0.1) is 0 Å². The van der Waals surface area contributed by atoms with Gasteiger partial charge in [0, 0.05) is 30.6 Å². The first-order valence-electron chi connectivity index (χ1n) is 8.08. The zero-order chi connectivity index (χ0) is 14.8. The Bertz CT molecular complexity index is 494. The molecule has 3 nitrogen and oxygen atoms in total. The van der Waals surface area contributed by atoms with Crippen LogP contribution in [0.2, 0.25) is 5.02 Å². The number of likely N-dealkylation sites (tertiary alicyclic amines) is 1. The van der Waals surface area contributed by atoms with Gasteiger partial charge in [0.15, 0.2) is 0 Å². The van der Waals surface area contributed by atoms with E-state index in [0.29, 0.717) is 6.04 Å². The second kappa shape index (κ2) is 6.55. The number of piperidine rings is 1. The highest BCUT2D eigenvalue weighted by molar-refractivity contribution is 6.30. The van der Waals surface area contributed by atoms with E-state index in [0.717, 1.165) is 42.7 Å². The quantitative estimate of drug-likeness (QED) is 0.929. The molecule has 0 radical (unpaired) electrons. The van der Waals surface area contributed by atoms with Crippen molar-refractivity contribution in [2.75, 3.05) is 19.6 Å². The molecule has 1 fully saturated rings. The van der Waals surface area contributed by atoms with Crippen molar-refractivity contribution < 1.29 is 4.74 Å². The number of rotatable bonds is 4. The van der Waals surface area contributed by atoms with Crippen LogP contribution in [-0.4, -0.2) is 36.7 Å². The first-order valence-corrected chi connectivity index (χ1v) is 8.46. The monoisotopic (exact) mass is 308 g/mol. The zero-order valence-corrected chi connectivity index (χ0v) is 13.5. The average Bonchev–Trinajstić information content (AvgIpc) is 2.89. The van der Waals surface area contributed by atoms with Crippen molar-refractivity contribution in [3.05, 3.63) is 28.8 Å². The van der Waals surface area contributed by atoms with Crippen LogP contribution < -0.4 is 10.5 Å². The third kappa shape index (κ3) is 3.36. The molecule has 1 aromatic rings. The molecule has 2 N–H and O–H groups in total. The summed E-state index contributed by atoms with van der Waals surface area (Å²) in [6.45, 7) is 5.16. The minimum Gasteiger partial charge on any atom is -0.488 e. The van der Waals surface area contributed by atoms with Gasteiger partial charge in [-0.1, -0.05) is 24.9 Å². The molecule has 2 aliphatic rings. The third-order valence-electron chi connectivity index (χ3n) is 5.00. The van der Waals surface area contributed by atoms with Crippen LogP contribution in [0.3, 0.4) is 0 Å². The van der Waals surface area contributed by atoms with Gasteiger partial charge >= 0.3 is 0 Å². The Balaban J connectivity index is 1.60. The van der Waals surface area contributed by atoms with E-state index in [1.165, 1.54) is 24.8 Å². The van der Waals surface area contributed by atoms with E-state index in [2.05, 4.69) is 11.8 Å². The Morgan fingerprint density at radius 2 is 2.29 bits per heavy atom. The van der Waals surface area contributed by atoms with Crippen LogP contribution >= 0.6 is 11.6 Å². The molecule has 0 spiro atoms. The molecule has 3 atom stereocenters. The predicted molar refractivity (Wildman–Crippen MR) is 87.0 cm³/mol. The van der Waals surface area contributed by atoms with E-state index in [1.54, 1.807) is 0 Å². The molecule has 21 heavy (non-hydrogen) atoms. The lowest BCUT2D eigenvalue weighted by Crippen LogP contribution is -2.50. The highest BCUT2D eigenvalue weighted by Crippen LogP contribution is 2.32. The Kier molecular flexibility index (Phi) is 4.72. The maximum absolute atomic E-state index is 6.07. The number of halogens is 1. The third-order valence-corrected chi connectivity index (χ3v) is 5.23. The van der Waals surface area contributed by atoms with E-state index in [-0.39, 0.29) is 6.10 Å². The van der Waals surface area contributed by atoms with Crippen LogP contribution in [0.15, 0.2) is 18.2 Å². The van der Waals surface area contributed by atoms with E-state index >= 15 is 0 Å². The van der Waals surface area contributed by atoms with Crippen LogP contribution in [-0.2, 0) is 6.42 Å². The number of ether oxygens (including phenoxy) is 1. The van der Waals surface area contributed by atoms with Crippen LogP contribution in [0.5, 0.6) is 5.75 Å². The second-order valence-electron chi connectivity index (χ2n) is 6.38. The fraction of sp³-hybridized carbons (Fsp3) is 0.647. The number of benzene rings is 1. The number of nitrogens with zero attached hydrogens (tertiary/aromatic N) is 1. The molecule has 0 amide bonds. The van der Waals surface area contributed by atoms with Crippen LogP contribution in [0.1, 0.15) is 31.7 Å². The number of hydrogen-bond donors (Lipinski definition) is 1. The molecule has 1 saturated heterocycles. The predicted octanol–water partition coefficient (Wildman–Crippen LogP) is 3.09. The van der Waals surface area contributed by atoms with Gasteiger partial charge < -0.3 is 10.5 Å². The lowest BCUT2D eigenvalue weighted by Gasteiger charge is -2.39. The Labute approximate surface area is 132 Å². The number of fused-ring (bicyclic) bond motifs is 1. The van der Waals surface area contributed by atoms with E-state index in [4.69, 9.17) is 22.1 Å². The summed E-state index contributed by atoms with van der Waals surface area (Å²) < 4.78 is 6.07. The fourth-order valence-corrected chi connectivity index (χ4v) is 3.89. The molecular weight excluding hydrogens is 284 g/mol. The Hall–Kier alpha value is -0.770. The highest BCUT2D eigenvalue weighted by Gasteiger charge is 2.31. The molecule has 0 bridgehead atoms. The maximum Gasteiger partial charge on any atom is 0.123 e. The van der Waals surface area contributed by atoms with Gasteiger partial charge in [-0.3, -0.25) is 4.90 Å². The lowest BCUT2D eigenvalue weighted by molar-refractivity contribution is 0.0716. The Morgan fingerprint density at radius 1 is 1.43 bits per heavy atom. The maximum atomic E-state index is 6.07. The zero-order valence-electron chi connectivity index (χ0n) is 12.7. The summed E-state index contributed by atoms with van der Waals surface area (Å²) in [6.07, 6.45) is 5.00. The van der Waals surface area contributed by atoms with Gasteiger partial charge in [0.05, 0.1) is 0 Å².